The third kappa shape index (κ3) is 6.77. The number of rotatable bonds is 5. The van der Waals surface area contributed by atoms with E-state index in [0.29, 0.717) is 11.5 Å². The van der Waals surface area contributed by atoms with Crippen LogP contribution in [0.4, 0.5) is 0 Å². The predicted octanol–water partition coefficient (Wildman–Crippen LogP) is 3.11. The lowest BCUT2D eigenvalue weighted by molar-refractivity contribution is -0.155. The molecule has 0 saturated heterocycles. The van der Waals surface area contributed by atoms with Gasteiger partial charge in [-0.1, -0.05) is 13.3 Å². The van der Waals surface area contributed by atoms with Crippen LogP contribution in [0, 0.1) is 5.92 Å². The van der Waals surface area contributed by atoms with Gasteiger partial charge < -0.3 is 9.47 Å². The van der Waals surface area contributed by atoms with Gasteiger partial charge in [0.15, 0.2) is 5.05 Å². The zero-order chi connectivity index (χ0) is 12.8. The minimum Gasteiger partial charge on any atom is -0.490 e. The van der Waals surface area contributed by atoms with Crippen molar-refractivity contribution in [1.82, 2.24) is 0 Å². The van der Waals surface area contributed by atoms with E-state index in [4.69, 9.17) is 21.7 Å². The Morgan fingerprint density at radius 1 is 1.38 bits per heavy atom. The molecule has 0 heterocycles. The molecule has 16 heavy (non-hydrogen) atoms. The lowest BCUT2D eigenvalue weighted by Crippen LogP contribution is -2.27. The normalized spacial score (nSPS) is 13.1. The van der Waals surface area contributed by atoms with Gasteiger partial charge in [0.25, 0.3) is 0 Å². The summed E-state index contributed by atoms with van der Waals surface area (Å²) >= 11 is 5.07. The van der Waals surface area contributed by atoms with E-state index in [1.54, 1.807) is 7.11 Å². The molecule has 1 unspecified atom stereocenters. The predicted molar refractivity (Wildman–Crippen MR) is 68.5 cm³/mol. The number of hydrogen-bond donors (Lipinski definition) is 0. The highest BCUT2D eigenvalue weighted by Gasteiger charge is 2.23. The molecule has 1 atom stereocenters. The van der Waals surface area contributed by atoms with Crippen LogP contribution in [-0.4, -0.2) is 23.7 Å². The molecule has 0 aliphatic carbocycles. The lowest BCUT2D eigenvalue weighted by atomic mass is 10.0. The zero-order valence-electron chi connectivity index (χ0n) is 10.8. The van der Waals surface area contributed by atoms with Crippen LogP contribution in [0.3, 0.4) is 0 Å². The molecule has 0 aromatic carbocycles. The molecule has 0 aromatic rings. The van der Waals surface area contributed by atoms with Crippen molar-refractivity contribution in [3.8, 4) is 0 Å². The Morgan fingerprint density at radius 3 is 2.31 bits per heavy atom. The van der Waals surface area contributed by atoms with Gasteiger partial charge in [0.05, 0.1) is 13.5 Å². The van der Waals surface area contributed by atoms with Gasteiger partial charge in [-0.05, 0) is 39.4 Å². The molecule has 0 aliphatic rings. The summed E-state index contributed by atoms with van der Waals surface area (Å²) in [6.45, 7) is 7.62. The molecule has 0 bridgehead atoms. The molecule has 0 amide bonds. The molecule has 0 aromatic heterocycles. The van der Waals surface area contributed by atoms with Gasteiger partial charge in [-0.2, -0.15) is 0 Å². The Labute approximate surface area is 104 Å². The summed E-state index contributed by atoms with van der Waals surface area (Å²) in [5, 5.41) is 0.493. The number of thiocarbonyl (C=S) groups is 1. The Balaban J connectivity index is 4.29. The number of carbonyl (C=O) groups is 1. The van der Waals surface area contributed by atoms with Crippen LogP contribution in [0.1, 0.15) is 47.0 Å². The number of carbonyl (C=O) groups excluding carboxylic acids is 1. The maximum Gasteiger partial charge on any atom is 0.307 e. The van der Waals surface area contributed by atoms with Crippen LogP contribution in [0.15, 0.2) is 0 Å². The Bertz CT molecular complexity index is 243. The van der Waals surface area contributed by atoms with Crippen molar-refractivity contribution in [2.75, 3.05) is 7.11 Å². The van der Waals surface area contributed by atoms with Gasteiger partial charge in [0, 0.05) is 5.92 Å². The quantitative estimate of drug-likeness (QED) is 0.551. The molecule has 0 fully saturated rings. The van der Waals surface area contributed by atoms with E-state index in [1.807, 2.05) is 20.8 Å². The van der Waals surface area contributed by atoms with E-state index < -0.39 is 5.60 Å². The summed E-state index contributed by atoms with van der Waals surface area (Å²) < 4.78 is 10.3. The topological polar surface area (TPSA) is 35.5 Å². The maximum atomic E-state index is 11.6. The Kier molecular flexibility index (Phi) is 6.56. The molecule has 0 N–H and O–H groups in total. The van der Waals surface area contributed by atoms with E-state index in [1.165, 1.54) is 0 Å². The van der Waals surface area contributed by atoms with Crippen LogP contribution in [0.5, 0.6) is 0 Å². The van der Waals surface area contributed by atoms with E-state index in [-0.39, 0.29) is 11.9 Å². The van der Waals surface area contributed by atoms with Crippen molar-refractivity contribution in [2.45, 2.75) is 52.6 Å². The van der Waals surface area contributed by atoms with Crippen LogP contribution in [0.25, 0.3) is 0 Å². The van der Waals surface area contributed by atoms with Crippen molar-refractivity contribution in [2.24, 2.45) is 5.92 Å². The van der Waals surface area contributed by atoms with Crippen LogP contribution < -0.4 is 0 Å². The van der Waals surface area contributed by atoms with Crippen LogP contribution in [0.2, 0.25) is 0 Å². The van der Waals surface area contributed by atoms with Crippen molar-refractivity contribution < 1.29 is 14.3 Å². The fourth-order valence-corrected chi connectivity index (χ4v) is 1.60. The molecule has 0 aliphatic heterocycles. The van der Waals surface area contributed by atoms with Crippen LogP contribution >= 0.6 is 12.2 Å². The first-order chi connectivity index (χ1) is 7.30. The fourth-order valence-electron chi connectivity index (χ4n) is 1.40. The second-order valence-corrected chi connectivity index (χ2v) is 5.20. The molecular formula is C12H22O3S. The summed E-state index contributed by atoms with van der Waals surface area (Å²) in [6, 6.07) is 0. The maximum absolute atomic E-state index is 11.6. The molecule has 0 saturated carbocycles. The van der Waals surface area contributed by atoms with Crippen molar-refractivity contribution in [3.63, 3.8) is 0 Å². The monoisotopic (exact) mass is 246 g/mol. The summed E-state index contributed by atoms with van der Waals surface area (Å²) in [6.07, 6.45) is 2.13. The molecule has 94 valence electrons. The number of ether oxygens (including phenoxy) is 2. The summed E-state index contributed by atoms with van der Waals surface area (Å²) in [7, 11) is 1.54. The van der Waals surface area contributed by atoms with Crippen LogP contribution in [-0.2, 0) is 14.3 Å². The molecular weight excluding hydrogens is 224 g/mol. The highest BCUT2D eigenvalue weighted by atomic mass is 32.1. The average Bonchev–Trinajstić information content (AvgIpc) is 2.13. The SMILES string of the molecule is CCCC(CC(=O)OC(C)(C)C)C(=S)OC. The standard InChI is InChI=1S/C12H22O3S/c1-6-7-9(11(16)14-5)8-10(13)15-12(2,3)4/h9H,6-8H2,1-5H3. The van der Waals surface area contributed by atoms with Gasteiger partial charge in [-0.3, -0.25) is 4.79 Å². The minimum absolute atomic E-state index is 0.0140. The van der Waals surface area contributed by atoms with E-state index in [9.17, 15) is 4.79 Å². The lowest BCUT2D eigenvalue weighted by Gasteiger charge is -2.22. The van der Waals surface area contributed by atoms with Crippen molar-refractivity contribution in [3.05, 3.63) is 0 Å². The Morgan fingerprint density at radius 2 is 1.94 bits per heavy atom. The highest BCUT2D eigenvalue weighted by Crippen LogP contribution is 2.17. The van der Waals surface area contributed by atoms with E-state index >= 15 is 0 Å². The number of hydrogen-bond acceptors (Lipinski definition) is 4. The molecule has 0 rings (SSSR count). The third-order valence-electron chi connectivity index (χ3n) is 2.00. The third-order valence-corrected chi connectivity index (χ3v) is 2.50. The first-order valence-electron chi connectivity index (χ1n) is 5.59. The first-order valence-corrected chi connectivity index (χ1v) is 6.00. The second-order valence-electron chi connectivity index (χ2n) is 4.80. The summed E-state index contributed by atoms with van der Waals surface area (Å²) in [4.78, 5) is 11.6. The molecule has 0 spiro atoms. The Hall–Kier alpha value is -0.640. The first kappa shape index (κ1) is 15.4. The highest BCUT2D eigenvalue weighted by molar-refractivity contribution is 7.80. The van der Waals surface area contributed by atoms with Crippen molar-refractivity contribution >= 4 is 23.2 Å². The van der Waals surface area contributed by atoms with E-state index in [2.05, 4.69) is 6.92 Å². The smallest absolute Gasteiger partial charge is 0.307 e. The van der Waals surface area contributed by atoms with E-state index in [0.717, 1.165) is 12.8 Å². The van der Waals surface area contributed by atoms with Gasteiger partial charge in [-0.15, -0.1) is 0 Å². The number of methoxy groups -OCH3 is 1. The van der Waals surface area contributed by atoms with Crippen molar-refractivity contribution in [1.29, 1.82) is 0 Å². The minimum atomic E-state index is -0.442. The molecule has 4 heteroatoms. The largest absolute Gasteiger partial charge is 0.490 e. The summed E-state index contributed by atoms with van der Waals surface area (Å²) in [5.74, 6) is -0.231. The summed E-state index contributed by atoms with van der Waals surface area (Å²) in [5.41, 5.74) is -0.442. The second kappa shape index (κ2) is 6.84. The van der Waals surface area contributed by atoms with Gasteiger partial charge in [0.2, 0.25) is 0 Å². The molecule has 3 nitrogen and oxygen atoms in total. The fraction of sp³-hybridized carbons (Fsp3) is 0.833. The number of esters is 1. The average molecular weight is 246 g/mol. The zero-order valence-corrected chi connectivity index (χ0v) is 11.6. The van der Waals surface area contributed by atoms with Gasteiger partial charge in [-0.25, -0.2) is 0 Å². The van der Waals surface area contributed by atoms with Gasteiger partial charge in [0.1, 0.15) is 5.60 Å². The van der Waals surface area contributed by atoms with Gasteiger partial charge >= 0.3 is 5.97 Å². The molecule has 0 radical (unpaired) electrons.